The SMILES string of the molecule is COc1ccc(CC/C(C)=N\NC(=O)c2ccc3c(=O)n4c(nc3c2)CCC4)cc1. The van der Waals surface area contributed by atoms with Crippen LogP contribution in [0, 0.1) is 0 Å². The van der Waals surface area contributed by atoms with Crippen molar-refractivity contribution in [1.82, 2.24) is 15.0 Å². The van der Waals surface area contributed by atoms with Crippen molar-refractivity contribution in [2.45, 2.75) is 39.2 Å². The number of nitrogens with one attached hydrogen (secondary N) is 1. The number of methoxy groups -OCH3 is 1. The number of aromatic nitrogens is 2. The quantitative estimate of drug-likeness (QED) is 0.505. The van der Waals surface area contributed by atoms with Crippen molar-refractivity contribution in [3.8, 4) is 5.75 Å². The Labute approximate surface area is 174 Å². The van der Waals surface area contributed by atoms with E-state index in [9.17, 15) is 9.59 Å². The van der Waals surface area contributed by atoms with Crippen molar-refractivity contribution in [2.75, 3.05) is 7.11 Å². The van der Waals surface area contributed by atoms with E-state index in [2.05, 4.69) is 15.5 Å². The van der Waals surface area contributed by atoms with Crippen LogP contribution in [0.25, 0.3) is 10.9 Å². The minimum Gasteiger partial charge on any atom is -0.497 e. The van der Waals surface area contributed by atoms with E-state index < -0.39 is 0 Å². The first-order chi connectivity index (χ1) is 14.5. The van der Waals surface area contributed by atoms with E-state index >= 15 is 0 Å². The summed E-state index contributed by atoms with van der Waals surface area (Å²) in [4.78, 5) is 29.6. The van der Waals surface area contributed by atoms with Gasteiger partial charge in [0, 0.05) is 24.2 Å². The summed E-state index contributed by atoms with van der Waals surface area (Å²) in [5.41, 5.74) is 5.56. The molecule has 1 amide bonds. The summed E-state index contributed by atoms with van der Waals surface area (Å²) < 4.78 is 6.88. The van der Waals surface area contributed by atoms with Crippen molar-refractivity contribution < 1.29 is 9.53 Å². The zero-order valence-electron chi connectivity index (χ0n) is 17.1. The molecule has 30 heavy (non-hydrogen) atoms. The highest BCUT2D eigenvalue weighted by molar-refractivity contribution is 5.98. The normalized spacial score (nSPS) is 13.3. The van der Waals surface area contributed by atoms with Crippen molar-refractivity contribution in [3.05, 3.63) is 69.8 Å². The highest BCUT2D eigenvalue weighted by Crippen LogP contribution is 2.16. The number of hydrazone groups is 1. The Kier molecular flexibility index (Phi) is 5.61. The molecule has 1 aliphatic rings. The average molecular weight is 404 g/mol. The number of carbonyl (C=O) groups is 1. The number of hydrogen-bond acceptors (Lipinski definition) is 5. The molecule has 0 radical (unpaired) electrons. The standard InChI is InChI=1S/C23H24N4O3/c1-15(5-6-16-7-10-18(30-2)11-8-16)25-26-22(28)17-9-12-19-20(14-17)24-21-4-3-13-27(21)23(19)29/h7-12,14H,3-6,13H2,1-2H3,(H,26,28)/b25-15-. The molecule has 4 rings (SSSR count). The molecule has 2 heterocycles. The maximum atomic E-state index is 12.5. The molecule has 3 aromatic rings. The number of amides is 1. The molecular formula is C23H24N4O3. The molecule has 0 aliphatic carbocycles. The van der Waals surface area contributed by atoms with Crippen molar-refractivity contribution in [2.24, 2.45) is 5.10 Å². The maximum absolute atomic E-state index is 12.5. The van der Waals surface area contributed by atoms with Crippen LogP contribution in [0.2, 0.25) is 0 Å². The van der Waals surface area contributed by atoms with Crippen LogP contribution in [0.4, 0.5) is 0 Å². The van der Waals surface area contributed by atoms with E-state index in [-0.39, 0.29) is 11.5 Å². The smallest absolute Gasteiger partial charge is 0.271 e. The number of carbonyl (C=O) groups excluding carboxylic acids is 1. The molecule has 1 aliphatic heterocycles. The monoisotopic (exact) mass is 404 g/mol. The number of fused-ring (bicyclic) bond motifs is 2. The highest BCUT2D eigenvalue weighted by Gasteiger charge is 2.17. The second-order valence-electron chi connectivity index (χ2n) is 7.46. The fourth-order valence-electron chi connectivity index (χ4n) is 3.61. The average Bonchev–Trinajstić information content (AvgIpc) is 3.25. The van der Waals surface area contributed by atoms with Gasteiger partial charge in [-0.05, 0) is 62.1 Å². The van der Waals surface area contributed by atoms with E-state index in [1.165, 1.54) is 5.56 Å². The molecule has 0 fully saturated rings. The first kappa shape index (κ1) is 19.8. The van der Waals surface area contributed by atoms with Gasteiger partial charge >= 0.3 is 0 Å². The Hall–Kier alpha value is -3.48. The number of benzene rings is 2. The summed E-state index contributed by atoms with van der Waals surface area (Å²) in [6.45, 7) is 2.60. The Morgan fingerprint density at radius 2 is 2.03 bits per heavy atom. The fourth-order valence-corrected chi connectivity index (χ4v) is 3.61. The predicted molar refractivity (Wildman–Crippen MR) is 116 cm³/mol. The third kappa shape index (κ3) is 4.10. The van der Waals surface area contributed by atoms with Gasteiger partial charge in [-0.2, -0.15) is 5.10 Å². The Bertz CT molecular complexity index is 1180. The van der Waals surface area contributed by atoms with E-state index in [0.717, 1.165) is 43.0 Å². The Balaban J connectivity index is 1.42. The van der Waals surface area contributed by atoms with E-state index in [0.29, 0.717) is 23.0 Å². The third-order valence-electron chi connectivity index (χ3n) is 5.36. The molecule has 0 atom stereocenters. The second kappa shape index (κ2) is 8.49. The number of aryl methyl sites for hydroxylation is 2. The lowest BCUT2D eigenvalue weighted by Crippen LogP contribution is -2.22. The fraction of sp³-hybridized carbons (Fsp3) is 0.304. The van der Waals surface area contributed by atoms with Gasteiger partial charge in [0.15, 0.2) is 0 Å². The van der Waals surface area contributed by atoms with Crippen molar-refractivity contribution in [3.63, 3.8) is 0 Å². The Morgan fingerprint density at radius 1 is 1.23 bits per heavy atom. The molecule has 2 aromatic carbocycles. The van der Waals surface area contributed by atoms with Crippen LogP contribution >= 0.6 is 0 Å². The Morgan fingerprint density at radius 3 is 2.80 bits per heavy atom. The van der Waals surface area contributed by atoms with E-state index in [1.807, 2.05) is 31.2 Å². The lowest BCUT2D eigenvalue weighted by atomic mass is 10.1. The van der Waals surface area contributed by atoms with Crippen LogP contribution < -0.4 is 15.7 Å². The molecule has 154 valence electrons. The molecule has 1 N–H and O–H groups in total. The summed E-state index contributed by atoms with van der Waals surface area (Å²) in [6, 6.07) is 12.9. The highest BCUT2D eigenvalue weighted by atomic mass is 16.5. The maximum Gasteiger partial charge on any atom is 0.271 e. The first-order valence-corrected chi connectivity index (χ1v) is 10.0. The van der Waals surface area contributed by atoms with Crippen molar-refractivity contribution in [1.29, 1.82) is 0 Å². The predicted octanol–water partition coefficient (Wildman–Crippen LogP) is 3.09. The van der Waals surface area contributed by atoms with Crippen LogP contribution in [-0.4, -0.2) is 28.3 Å². The van der Waals surface area contributed by atoms with Gasteiger partial charge in [-0.15, -0.1) is 0 Å². The molecule has 7 nitrogen and oxygen atoms in total. The molecule has 0 unspecified atom stereocenters. The summed E-state index contributed by atoms with van der Waals surface area (Å²) in [5, 5.41) is 4.75. The summed E-state index contributed by atoms with van der Waals surface area (Å²) in [6.07, 6.45) is 3.27. The van der Waals surface area contributed by atoms with Crippen molar-refractivity contribution >= 4 is 22.5 Å². The van der Waals surface area contributed by atoms with E-state index in [4.69, 9.17) is 4.74 Å². The topological polar surface area (TPSA) is 85.6 Å². The zero-order valence-corrected chi connectivity index (χ0v) is 17.1. The van der Waals surface area contributed by atoms with Gasteiger partial charge in [0.1, 0.15) is 11.6 Å². The lowest BCUT2D eigenvalue weighted by Gasteiger charge is -2.07. The number of hydrogen-bond donors (Lipinski definition) is 1. The van der Waals surface area contributed by atoms with Gasteiger partial charge in [-0.25, -0.2) is 10.4 Å². The van der Waals surface area contributed by atoms with Crippen LogP contribution in [-0.2, 0) is 19.4 Å². The molecule has 1 aromatic heterocycles. The van der Waals surface area contributed by atoms with Gasteiger partial charge in [0.2, 0.25) is 0 Å². The summed E-state index contributed by atoms with van der Waals surface area (Å²) in [5.74, 6) is 1.30. The van der Waals surface area contributed by atoms with Gasteiger partial charge in [-0.1, -0.05) is 12.1 Å². The second-order valence-corrected chi connectivity index (χ2v) is 7.46. The third-order valence-corrected chi connectivity index (χ3v) is 5.36. The zero-order chi connectivity index (χ0) is 21.1. The number of rotatable bonds is 6. The minimum atomic E-state index is -0.317. The number of nitrogens with zero attached hydrogens (tertiary/aromatic N) is 3. The molecule has 0 saturated heterocycles. The number of ether oxygens (including phenoxy) is 1. The molecular weight excluding hydrogens is 380 g/mol. The van der Waals surface area contributed by atoms with Crippen LogP contribution in [0.5, 0.6) is 5.75 Å². The van der Waals surface area contributed by atoms with Gasteiger partial charge in [0.05, 0.1) is 18.0 Å². The van der Waals surface area contributed by atoms with Gasteiger partial charge < -0.3 is 4.74 Å². The van der Waals surface area contributed by atoms with Crippen LogP contribution in [0.3, 0.4) is 0 Å². The largest absolute Gasteiger partial charge is 0.497 e. The summed E-state index contributed by atoms with van der Waals surface area (Å²) >= 11 is 0. The molecule has 0 saturated carbocycles. The van der Waals surface area contributed by atoms with Gasteiger partial charge in [0.25, 0.3) is 11.5 Å². The van der Waals surface area contributed by atoms with Crippen LogP contribution in [0.15, 0.2) is 52.4 Å². The summed E-state index contributed by atoms with van der Waals surface area (Å²) in [7, 11) is 1.64. The molecule has 0 spiro atoms. The lowest BCUT2D eigenvalue weighted by molar-refractivity contribution is 0.0955. The molecule has 0 bridgehead atoms. The molecule has 7 heteroatoms. The van der Waals surface area contributed by atoms with Crippen LogP contribution in [0.1, 0.15) is 41.5 Å². The first-order valence-electron chi connectivity index (χ1n) is 10.0. The minimum absolute atomic E-state index is 0.0353. The van der Waals surface area contributed by atoms with Gasteiger partial charge in [-0.3, -0.25) is 14.2 Å². The van der Waals surface area contributed by atoms with E-state index in [1.54, 1.807) is 29.9 Å².